The molecule has 5 nitrogen and oxygen atoms in total. The number of hydrogen-bond acceptors (Lipinski definition) is 4. The van der Waals surface area contributed by atoms with E-state index in [4.69, 9.17) is 14.3 Å². The van der Waals surface area contributed by atoms with Gasteiger partial charge in [-0.1, -0.05) is 62.8 Å². The van der Waals surface area contributed by atoms with Crippen molar-refractivity contribution in [3.63, 3.8) is 0 Å². The Morgan fingerprint density at radius 3 is 2.51 bits per heavy atom. The summed E-state index contributed by atoms with van der Waals surface area (Å²) in [5.41, 5.74) is 1.29. The lowest BCUT2D eigenvalue weighted by molar-refractivity contribution is -0.137. The quantitative estimate of drug-likeness (QED) is 0.161. The van der Waals surface area contributed by atoms with E-state index in [2.05, 4.69) is 52.9 Å². The second-order valence-electron chi connectivity index (χ2n) is 11.3. The van der Waals surface area contributed by atoms with Gasteiger partial charge in [0.05, 0.1) is 12.2 Å². The summed E-state index contributed by atoms with van der Waals surface area (Å²) in [6.45, 7) is 13.4. The van der Waals surface area contributed by atoms with Crippen LogP contribution in [0.4, 0.5) is 0 Å². The van der Waals surface area contributed by atoms with Crippen molar-refractivity contribution in [1.82, 2.24) is 0 Å². The van der Waals surface area contributed by atoms with Gasteiger partial charge in [0.2, 0.25) is 0 Å². The Labute approximate surface area is 213 Å². The maximum absolute atomic E-state index is 10.7. The molecule has 1 unspecified atom stereocenters. The lowest BCUT2D eigenvalue weighted by atomic mass is 9.91. The molecule has 1 aliphatic rings. The molecule has 4 atom stereocenters. The van der Waals surface area contributed by atoms with E-state index in [1.807, 2.05) is 36.4 Å². The van der Waals surface area contributed by atoms with Gasteiger partial charge in [-0.2, -0.15) is 0 Å². The van der Waals surface area contributed by atoms with Crippen LogP contribution >= 0.6 is 0 Å². The van der Waals surface area contributed by atoms with Crippen LogP contribution in [0.1, 0.15) is 72.6 Å². The lowest BCUT2D eigenvalue weighted by Gasteiger charge is -2.41. The fourth-order valence-electron chi connectivity index (χ4n) is 4.21. The number of ether oxygens (including phenoxy) is 1. The first-order valence-corrected chi connectivity index (χ1v) is 15.9. The van der Waals surface area contributed by atoms with E-state index in [-0.39, 0.29) is 35.7 Å². The fourth-order valence-corrected chi connectivity index (χ4v) is 5.63. The third-order valence-corrected chi connectivity index (χ3v) is 11.9. The molecule has 0 fully saturated rings. The number of para-hydroxylation sites is 1. The molecule has 0 saturated heterocycles. The number of rotatable bonds is 14. The third kappa shape index (κ3) is 9.58. The molecule has 0 aromatic heterocycles. The third-order valence-electron chi connectivity index (χ3n) is 7.44. The number of unbranched alkanes of at least 4 members (excludes halogenated alkanes) is 1. The highest BCUT2D eigenvalue weighted by Gasteiger charge is 2.41. The van der Waals surface area contributed by atoms with Gasteiger partial charge in [0.1, 0.15) is 11.9 Å². The molecule has 196 valence electrons. The monoisotopic (exact) mass is 502 g/mol. The Bertz CT molecular complexity index is 840. The van der Waals surface area contributed by atoms with E-state index in [9.17, 15) is 9.90 Å². The van der Waals surface area contributed by atoms with Crippen LogP contribution in [0.15, 0.2) is 54.1 Å². The van der Waals surface area contributed by atoms with Gasteiger partial charge in [0.25, 0.3) is 0 Å². The number of benzene rings is 1. The van der Waals surface area contributed by atoms with Crippen LogP contribution in [0.25, 0.3) is 0 Å². The van der Waals surface area contributed by atoms with Gasteiger partial charge in [0.15, 0.2) is 8.32 Å². The normalized spacial score (nSPS) is 20.6. The molecule has 2 rings (SSSR count). The van der Waals surface area contributed by atoms with Crippen LogP contribution in [0.2, 0.25) is 18.1 Å². The topological polar surface area (TPSA) is 76.0 Å². The number of carbonyl (C=O) groups is 1. The van der Waals surface area contributed by atoms with Crippen LogP contribution in [0.3, 0.4) is 0 Å². The molecular formula is C29H46O5Si. The molecule has 0 bridgehead atoms. The van der Waals surface area contributed by atoms with E-state index in [0.29, 0.717) is 12.8 Å². The molecule has 0 radical (unpaired) electrons. The predicted octanol–water partition coefficient (Wildman–Crippen LogP) is 7.13. The highest BCUT2D eigenvalue weighted by molar-refractivity contribution is 6.74. The Balaban J connectivity index is 2.03. The summed E-state index contributed by atoms with van der Waals surface area (Å²) in [5, 5.41) is 19.5. The maximum Gasteiger partial charge on any atom is 0.303 e. The van der Waals surface area contributed by atoms with Gasteiger partial charge >= 0.3 is 5.97 Å². The lowest BCUT2D eigenvalue weighted by Crippen LogP contribution is -2.47. The number of hydrogen-bond donors (Lipinski definition) is 2. The second kappa shape index (κ2) is 13.4. The zero-order chi connectivity index (χ0) is 26.1. The van der Waals surface area contributed by atoms with Gasteiger partial charge in [-0.3, -0.25) is 4.79 Å². The van der Waals surface area contributed by atoms with Crippen molar-refractivity contribution < 1.29 is 24.2 Å². The zero-order valence-electron chi connectivity index (χ0n) is 22.5. The summed E-state index contributed by atoms with van der Waals surface area (Å²) >= 11 is 0. The van der Waals surface area contributed by atoms with Gasteiger partial charge < -0.3 is 19.4 Å². The van der Waals surface area contributed by atoms with E-state index in [1.165, 1.54) is 5.57 Å². The maximum atomic E-state index is 10.7. The molecule has 1 aliphatic carbocycles. The van der Waals surface area contributed by atoms with Crippen LogP contribution in [-0.4, -0.2) is 42.8 Å². The van der Waals surface area contributed by atoms with Gasteiger partial charge in [-0.15, -0.1) is 0 Å². The molecule has 6 heteroatoms. The van der Waals surface area contributed by atoms with Crippen molar-refractivity contribution in [2.45, 2.75) is 109 Å². The minimum Gasteiger partial charge on any atom is -0.488 e. The summed E-state index contributed by atoms with van der Waals surface area (Å²) < 4.78 is 13.2. The molecular weight excluding hydrogens is 456 g/mol. The van der Waals surface area contributed by atoms with E-state index in [0.717, 1.165) is 31.4 Å². The van der Waals surface area contributed by atoms with Crippen LogP contribution in [0.5, 0.6) is 5.75 Å². The minimum atomic E-state index is -2.00. The van der Waals surface area contributed by atoms with Crippen molar-refractivity contribution in [3.8, 4) is 5.75 Å². The molecule has 1 aromatic rings. The average Bonchev–Trinajstić information content (AvgIpc) is 3.12. The molecule has 0 amide bonds. The minimum absolute atomic E-state index is 0.0399. The smallest absolute Gasteiger partial charge is 0.303 e. The highest BCUT2D eigenvalue weighted by Crippen LogP contribution is 2.39. The molecule has 35 heavy (non-hydrogen) atoms. The largest absolute Gasteiger partial charge is 0.488 e. The molecule has 0 aliphatic heterocycles. The van der Waals surface area contributed by atoms with Crippen LogP contribution in [0, 0.1) is 5.92 Å². The first-order chi connectivity index (χ1) is 16.4. The van der Waals surface area contributed by atoms with Gasteiger partial charge in [0, 0.05) is 12.3 Å². The second-order valence-corrected chi connectivity index (χ2v) is 16.0. The Morgan fingerprint density at radius 1 is 1.20 bits per heavy atom. The summed E-state index contributed by atoms with van der Waals surface area (Å²) in [6, 6.07) is 9.91. The molecule has 0 saturated carbocycles. The van der Waals surface area contributed by atoms with Crippen molar-refractivity contribution in [2.24, 2.45) is 5.92 Å². The zero-order valence-corrected chi connectivity index (χ0v) is 23.5. The number of aliphatic hydroxyl groups is 1. The van der Waals surface area contributed by atoms with Crippen molar-refractivity contribution >= 4 is 14.3 Å². The average molecular weight is 503 g/mol. The van der Waals surface area contributed by atoms with Crippen LogP contribution < -0.4 is 4.74 Å². The summed E-state index contributed by atoms with van der Waals surface area (Å²) in [4.78, 5) is 10.7. The summed E-state index contributed by atoms with van der Waals surface area (Å²) in [5.74, 6) is 0.213. The molecule has 0 spiro atoms. The van der Waals surface area contributed by atoms with Crippen molar-refractivity contribution in [3.05, 3.63) is 54.1 Å². The molecule has 1 aromatic carbocycles. The highest BCUT2D eigenvalue weighted by atomic mass is 28.4. The van der Waals surface area contributed by atoms with Gasteiger partial charge in [-0.25, -0.2) is 0 Å². The Kier molecular flexibility index (Phi) is 11.3. The standard InChI is InChI=1S/C29H46O5Si/c1-22(33-24-14-10-9-11-15-24)27(34-35(5,6)29(2,3)4)21-19-23-18-20-26(30)25(23)16-12-7-8-13-17-28(31)32/h7,9-12,14-15,18,22,25-27,30H,8,13,16-17,19-21H2,1-6H3,(H,31,32)/b12-7-/t22?,25-,26+,27+/m1/s1. The SMILES string of the molecule is CC(Oc1ccccc1)[C@H](CCC1=CC[C@H](O)[C@@H]1C/C=C\CCCC(=O)O)O[Si](C)(C)C(C)(C)C. The fraction of sp³-hybridized carbons (Fsp3) is 0.621. The number of aliphatic carboxylic acids is 1. The van der Waals surface area contributed by atoms with E-state index < -0.39 is 14.3 Å². The molecule has 2 N–H and O–H groups in total. The van der Waals surface area contributed by atoms with Gasteiger partial charge in [-0.05, 0) is 75.7 Å². The Morgan fingerprint density at radius 2 is 1.89 bits per heavy atom. The van der Waals surface area contributed by atoms with Crippen LogP contribution in [-0.2, 0) is 9.22 Å². The van der Waals surface area contributed by atoms with E-state index in [1.54, 1.807) is 0 Å². The first-order valence-electron chi connectivity index (χ1n) is 13.0. The van der Waals surface area contributed by atoms with E-state index >= 15 is 0 Å². The van der Waals surface area contributed by atoms with Crippen molar-refractivity contribution in [2.75, 3.05) is 0 Å². The summed E-state index contributed by atoms with van der Waals surface area (Å²) in [6.07, 6.45) is 10.6. The number of carboxylic acids is 1. The van der Waals surface area contributed by atoms with Crippen molar-refractivity contribution in [1.29, 1.82) is 0 Å². The first kappa shape index (κ1) is 29.3. The summed E-state index contributed by atoms with van der Waals surface area (Å²) in [7, 11) is -2.00. The predicted molar refractivity (Wildman–Crippen MR) is 145 cm³/mol. The number of carboxylic acid groups (broad SMARTS) is 1. The Hall–Kier alpha value is -1.89. The number of aliphatic hydroxyl groups excluding tert-OH is 1. The molecule has 0 heterocycles. The number of allylic oxidation sites excluding steroid dienone is 2.